The van der Waals surface area contributed by atoms with Crippen LogP contribution in [0.2, 0.25) is 0 Å². The maximum absolute atomic E-state index is 12.9. The largest absolute Gasteiger partial charge is 0.490 e. The maximum atomic E-state index is 12.9. The summed E-state index contributed by atoms with van der Waals surface area (Å²) in [5.74, 6) is 2.33. The Morgan fingerprint density at radius 2 is 1.82 bits per heavy atom. The Bertz CT molecular complexity index is 1120. The Morgan fingerprint density at radius 3 is 2.55 bits per heavy atom. The van der Waals surface area contributed by atoms with Gasteiger partial charge in [0.1, 0.15) is 11.9 Å². The first kappa shape index (κ1) is 23.4. The second-order valence-electron chi connectivity index (χ2n) is 8.62. The van der Waals surface area contributed by atoms with Crippen LogP contribution in [0, 0.1) is 20.8 Å². The molecule has 1 aliphatic heterocycles. The van der Waals surface area contributed by atoms with Gasteiger partial charge < -0.3 is 14.2 Å². The fourth-order valence-electron chi connectivity index (χ4n) is 4.16. The molecule has 7 heteroatoms. The molecule has 1 amide bonds. The number of hydrogen-bond acceptors (Lipinski definition) is 5. The van der Waals surface area contributed by atoms with Gasteiger partial charge in [-0.15, -0.1) is 10.2 Å². The normalized spacial score (nSPS) is 14.5. The van der Waals surface area contributed by atoms with Gasteiger partial charge in [0.05, 0.1) is 5.75 Å². The van der Waals surface area contributed by atoms with E-state index in [4.69, 9.17) is 4.74 Å². The minimum absolute atomic E-state index is 0.147. The number of carbonyl (C=O) groups is 1. The molecule has 3 aromatic rings. The van der Waals surface area contributed by atoms with E-state index in [-0.39, 0.29) is 12.0 Å². The topological polar surface area (TPSA) is 60.2 Å². The van der Waals surface area contributed by atoms with Crippen LogP contribution in [0.4, 0.5) is 0 Å². The van der Waals surface area contributed by atoms with Crippen molar-refractivity contribution in [2.24, 2.45) is 0 Å². The molecule has 0 unspecified atom stereocenters. The van der Waals surface area contributed by atoms with Crippen LogP contribution in [-0.4, -0.2) is 50.5 Å². The molecule has 1 aliphatic rings. The van der Waals surface area contributed by atoms with Gasteiger partial charge in [0, 0.05) is 38.0 Å². The van der Waals surface area contributed by atoms with Crippen molar-refractivity contribution in [2.75, 3.05) is 18.8 Å². The maximum Gasteiger partial charge on any atom is 0.233 e. The number of ether oxygens (including phenoxy) is 1. The fraction of sp³-hybridized carbons (Fsp3) is 0.423. The molecule has 0 aliphatic carbocycles. The number of hydrogen-bond donors (Lipinski definition) is 0. The van der Waals surface area contributed by atoms with Crippen molar-refractivity contribution in [3.05, 3.63) is 59.2 Å². The number of thioether (sulfide) groups is 1. The molecule has 1 saturated heterocycles. The Morgan fingerprint density at radius 1 is 1.06 bits per heavy atom. The van der Waals surface area contributed by atoms with Crippen molar-refractivity contribution in [3.8, 4) is 17.1 Å². The predicted molar refractivity (Wildman–Crippen MR) is 133 cm³/mol. The molecule has 0 bridgehead atoms. The third-order valence-electron chi connectivity index (χ3n) is 6.18. The number of aromatic nitrogens is 3. The Hall–Kier alpha value is -2.80. The third kappa shape index (κ3) is 5.41. The Labute approximate surface area is 200 Å². The number of piperidine rings is 1. The van der Waals surface area contributed by atoms with Gasteiger partial charge >= 0.3 is 0 Å². The van der Waals surface area contributed by atoms with Gasteiger partial charge in [-0.1, -0.05) is 48.2 Å². The van der Waals surface area contributed by atoms with Crippen molar-refractivity contribution >= 4 is 17.7 Å². The van der Waals surface area contributed by atoms with E-state index >= 15 is 0 Å². The second kappa shape index (κ2) is 10.4. The number of likely N-dealkylation sites (tertiary alicyclic amines) is 1. The molecule has 0 spiro atoms. The summed E-state index contributed by atoms with van der Waals surface area (Å²) in [7, 11) is 0. The highest BCUT2D eigenvalue weighted by Crippen LogP contribution is 2.27. The molecule has 6 nitrogen and oxygen atoms in total. The average molecular weight is 465 g/mol. The summed E-state index contributed by atoms with van der Waals surface area (Å²) in [5.41, 5.74) is 4.60. The number of benzene rings is 2. The highest BCUT2D eigenvalue weighted by atomic mass is 32.2. The predicted octanol–water partition coefficient (Wildman–Crippen LogP) is 5.05. The first-order valence-electron chi connectivity index (χ1n) is 11.6. The molecular weight excluding hydrogens is 432 g/mol. The van der Waals surface area contributed by atoms with Gasteiger partial charge in [0.25, 0.3) is 0 Å². The third-order valence-corrected chi connectivity index (χ3v) is 7.13. The summed E-state index contributed by atoms with van der Waals surface area (Å²) in [4.78, 5) is 14.8. The monoisotopic (exact) mass is 464 g/mol. The lowest BCUT2D eigenvalue weighted by Crippen LogP contribution is -2.42. The molecule has 1 fully saturated rings. The average Bonchev–Trinajstić information content (AvgIpc) is 3.23. The first-order valence-corrected chi connectivity index (χ1v) is 12.6. The number of rotatable bonds is 7. The Balaban J connectivity index is 1.32. The van der Waals surface area contributed by atoms with E-state index in [0.717, 1.165) is 65.9 Å². The molecular formula is C26H32N4O2S. The Kier molecular flexibility index (Phi) is 7.38. The summed E-state index contributed by atoms with van der Waals surface area (Å²) in [6.45, 7) is 10.5. The molecule has 33 heavy (non-hydrogen) atoms. The van der Waals surface area contributed by atoms with Crippen molar-refractivity contribution in [3.63, 3.8) is 0 Å². The van der Waals surface area contributed by atoms with Gasteiger partial charge in [-0.05, 0) is 50.5 Å². The van der Waals surface area contributed by atoms with Crippen LogP contribution in [0.5, 0.6) is 5.75 Å². The highest BCUT2D eigenvalue weighted by Gasteiger charge is 2.25. The quantitative estimate of drug-likeness (QED) is 0.458. The van der Waals surface area contributed by atoms with E-state index < -0.39 is 0 Å². The van der Waals surface area contributed by atoms with Crippen LogP contribution in [0.25, 0.3) is 11.4 Å². The molecule has 0 atom stereocenters. The van der Waals surface area contributed by atoms with Crippen molar-refractivity contribution < 1.29 is 9.53 Å². The lowest BCUT2D eigenvalue weighted by atomic mass is 10.1. The standard InChI is InChI=1S/C26H32N4O2S/c1-5-30-25(22-9-7-6-8-19(22)3)27-28-26(30)33-17-24(31)29-14-12-21(13-15-29)32-23-16-18(2)10-11-20(23)4/h6-11,16,21H,5,12-15,17H2,1-4H3. The van der Waals surface area contributed by atoms with Crippen LogP contribution < -0.4 is 4.74 Å². The van der Waals surface area contributed by atoms with E-state index in [1.807, 2.05) is 17.0 Å². The van der Waals surface area contributed by atoms with Crippen molar-refractivity contribution in [1.82, 2.24) is 19.7 Å². The molecule has 4 rings (SSSR count). The summed E-state index contributed by atoms with van der Waals surface area (Å²) in [5, 5.41) is 9.59. The van der Waals surface area contributed by atoms with Gasteiger partial charge in [-0.3, -0.25) is 4.79 Å². The van der Waals surface area contributed by atoms with Gasteiger partial charge in [0.15, 0.2) is 11.0 Å². The van der Waals surface area contributed by atoms with Crippen LogP contribution >= 0.6 is 11.8 Å². The highest BCUT2D eigenvalue weighted by molar-refractivity contribution is 7.99. The minimum Gasteiger partial charge on any atom is -0.490 e. The van der Waals surface area contributed by atoms with E-state index in [9.17, 15) is 4.79 Å². The second-order valence-corrected chi connectivity index (χ2v) is 9.56. The zero-order valence-corrected chi connectivity index (χ0v) is 20.7. The zero-order valence-electron chi connectivity index (χ0n) is 19.9. The lowest BCUT2D eigenvalue weighted by molar-refractivity contribution is -0.130. The van der Waals surface area contributed by atoms with Crippen molar-refractivity contribution in [2.45, 2.75) is 58.3 Å². The molecule has 0 radical (unpaired) electrons. The number of amides is 1. The summed E-state index contributed by atoms with van der Waals surface area (Å²) >= 11 is 1.47. The summed E-state index contributed by atoms with van der Waals surface area (Å²) in [6, 6.07) is 14.5. The van der Waals surface area contributed by atoms with Crippen LogP contribution in [-0.2, 0) is 11.3 Å². The van der Waals surface area contributed by atoms with Crippen molar-refractivity contribution in [1.29, 1.82) is 0 Å². The first-order chi connectivity index (χ1) is 16.0. The molecule has 0 saturated carbocycles. The molecule has 174 valence electrons. The van der Waals surface area contributed by atoms with Crippen LogP contribution in [0.1, 0.15) is 36.5 Å². The smallest absolute Gasteiger partial charge is 0.233 e. The van der Waals surface area contributed by atoms with Gasteiger partial charge in [0.2, 0.25) is 5.91 Å². The molecule has 1 aromatic heterocycles. The number of aryl methyl sites for hydroxylation is 3. The zero-order chi connectivity index (χ0) is 23.4. The van der Waals surface area contributed by atoms with Gasteiger partial charge in [-0.25, -0.2) is 0 Å². The lowest BCUT2D eigenvalue weighted by Gasteiger charge is -2.32. The minimum atomic E-state index is 0.147. The number of carbonyl (C=O) groups excluding carboxylic acids is 1. The van der Waals surface area contributed by atoms with E-state index in [0.29, 0.717) is 5.75 Å². The van der Waals surface area contributed by atoms with Crippen LogP contribution in [0.3, 0.4) is 0 Å². The molecule has 2 aromatic carbocycles. The van der Waals surface area contributed by atoms with E-state index in [1.54, 1.807) is 0 Å². The summed E-state index contributed by atoms with van der Waals surface area (Å²) < 4.78 is 8.33. The van der Waals surface area contributed by atoms with Gasteiger partial charge in [-0.2, -0.15) is 0 Å². The molecule has 2 heterocycles. The molecule has 0 N–H and O–H groups in total. The summed E-state index contributed by atoms with van der Waals surface area (Å²) in [6.07, 6.45) is 1.86. The van der Waals surface area contributed by atoms with E-state index in [2.05, 4.69) is 72.8 Å². The van der Waals surface area contributed by atoms with Crippen LogP contribution in [0.15, 0.2) is 47.6 Å². The van der Waals surface area contributed by atoms with E-state index in [1.165, 1.54) is 17.3 Å². The number of nitrogens with zero attached hydrogens (tertiary/aromatic N) is 4. The fourth-order valence-corrected chi connectivity index (χ4v) is 5.06. The SMILES string of the molecule is CCn1c(SCC(=O)N2CCC(Oc3cc(C)ccc3C)CC2)nnc1-c1ccccc1C.